The van der Waals surface area contributed by atoms with Gasteiger partial charge in [0.2, 0.25) is 0 Å². The van der Waals surface area contributed by atoms with Crippen LogP contribution in [0.15, 0.2) is 16.7 Å². The van der Waals surface area contributed by atoms with Crippen LogP contribution >= 0.6 is 15.9 Å². The van der Waals surface area contributed by atoms with E-state index < -0.39 is 0 Å². The lowest BCUT2D eigenvalue weighted by Crippen LogP contribution is -2.29. The number of aromatic nitrogens is 1. The van der Waals surface area contributed by atoms with Gasteiger partial charge in [0.05, 0.1) is 16.4 Å². The first kappa shape index (κ1) is 12.3. The van der Waals surface area contributed by atoms with Crippen LogP contribution < -0.4 is 10.6 Å². The molecule has 1 aromatic heterocycles. The zero-order chi connectivity index (χ0) is 11.4. The minimum Gasteiger partial charge on any atom is -0.397 e. The van der Waals surface area contributed by atoms with Crippen molar-refractivity contribution < 1.29 is 0 Å². The third kappa shape index (κ3) is 3.09. The van der Waals surface area contributed by atoms with Crippen molar-refractivity contribution in [2.75, 3.05) is 17.7 Å². The maximum absolute atomic E-state index is 5.65. The van der Waals surface area contributed by atoms with Crippen molar-refractivity contribution in [3.05, 3.63) is 16.7 Å². The molecule has 0 amide bonds. The fourth-order valence-electron chi connectivity index (χ4n) is 1.53. The van der Waals surface area contributed by atoms with Gasteiger partial charge in [-0.05, 0) is 35.3 Å². The summed E-state index contributed by atoms with van der Waals surface area (Å²) >= 11 is 3.48. The second-order valence-corrected chi connectivity index (χ2v) is 4.68. The number of halogens is 1. The monoisotopic (exact) mass is 271 g/mol. The Morgan fingerprint density at radius 1 is 1.60 bits per heavy atom. The molecule has 0 saturated heterocycles. The van der Waals surface area contributed by atoms with Gasteiger partial charge >= 0.3 is 0 Å². The zero-order valence-corrected chi connectivity index (χ0v) is 11.1. The molecule has 0 bridgehead atoms. The normalized spacial score (nSPS) is 12.5. The van der Waals surface area contributed by atoms with E-state index in [1.54, 1.807) is 6.20 Å². The fourth-order valence-corrected chi connectivity index (χ4v) is 2.17. The van der Waals surface area contributed by atoms with Crippen molar-refractivity contribution in [1.82, 2.24) is 4.98 Å². The van der Waals surface area contributed by atoms with E-state index in [1.165, 1.54) is 6.42 Å². The largest absolute Gasteiger partial charge is 0.397 e. The molecule has 1 heterocycles. The van der Waals surface area contributed by atoms with Crippen molar-refractivity contribution in [3.8, 4) is 0 Å². The number of rotatable bonds is 4. The van der Waals surface area contributed by atoms with Gasteiger partial charge in [0, 0.05) is 13.1 Å². The number of nitrogen functional groups attached to an aromatic ring is 1. The molecule has 15 heavy (non-hydrogen) atoms. The molecule has 0 saturated carbocycles. The molecule has 2 N–H and O–H groups in total. The SMILES string of the molecule is CCCC(C)N(C)c1ncc(N)cc1Br. The van der Waals surface area contributed by atoms with Gasteiger partial charge in [0.1, 0.15) is 5.82 Å². The van der Waals surface area contributed by atoms with Crippen LogP contribution in [0.5, 0.6) is 0 Å². The molecule has 1 unspecified atom stereocenters. The fraction of sp³-hybridized carbons (Fsp3) is 0.545. The highest BCUT2D eigenvalue weighted by Gasteiger charge is 2.13. The summed E-state index contributed by atoms with van der Waals surface area (Å²) in [5.74, 6) is 0.949. The van der Waals surface area contributed by atoms with Gasteiger partial charge in [-0.2, -0.15) is 0 Å². The molecule has 0 aromatic carbocycles. The molecule has 0 fully saturated rings. The van der Waals surface area contributed by atoms with Crippen LogP contribution in [-0.2, 0) is 0 Å². The molecule has 0 radical (unpaired) electrons. The van der Waals surface area contributed by atoms with Gasteiger partial charge in [-0.3, -0.25) is 0 Å². The summed E-state index contributed by atoms with van der Waals surface area (Å²) in [7, 11) is 2.06. The molecule has 3 nitrogen and oxygen atoms in total. The van der Waals surface area contributed by atoms with Crippen LogP contribution in [0.2, 0.25) is 0 Å². The second-order valence-electron chi connectivity index (χ2n) is 3.82. The van der Waals surface area contributed by atoms with E-state index in [9.17, 15) is 0 Å². The molecule has 1 rings (SSSR count). The van der Waals surface area contributed by atoms with Crippen LogP contribution in [0, 0.1) is 0 Å². The first-order valence-electron chi connectivity index (χ1n) is 5.20. The highest BCUT2D eigenvalue weighted by atomic mass is 79.9. The van der Waals surface area contributed by atoms with Crippen LogP contribution in [0.3, 0.4) is 0 Å². The highest BCUT2D eigenvalue weighted by molar-refractivity contribution is 9.10. The minimum atomic E-state index is 0.488. The summed E-state index contributed by atoms with van der Waals surface area (Å²) in [6, 6.07) is 2.37. The number of hydrogen-bond donors (Lipinski definition) is 1. The van der Waals surface area contributed by atoms with E-state index in [2.05, 4.69) is 46.7 Å². The molecular formula is C11H18BrN3. The number of nitrogens with zero attached hydrogens (tertiary/aromatic N) is 2. The van der Waals surface area contributed by atoms with E-state index in [0.717, 1.165) is 16.7 Å². The van der Waals surface area contributed by atoms with Gasteiger partial charge in [-0.1, -0.05) is 13.3 Å². The van der Waals surface area contributed by atoms with Gasteiger partial charge in [-0.15, -0.1) is 0 Å². The first-order chi connectivity index (χ1) is 7.06. The van der Waals surface area contributed by atoms with Crippen molar-refractivity contribution in [2.24, 2.45) is 0 Å². The average Bonchev–Trinajstić information content (AvgIpc) is 2.17. The van der Waals surface area contributed by atoms with Crippen LogP contribution in [0.4, 0.5) is 11.5 Å². The highest BCUT2D eigenvalue weighted by Crippen LogP contribution is 2.26. The Labute approximate surface area is 99.8 Å². The Bertz CT molecular complexity index is 328. The van der Waals surface area contributed by atoms with Gasteiger partial charge in [-0.25, -0.2) is 4.98 Å². The lowest BCUT2D eigenvalue weighted by Gasteiger charge is -2.26. The Balaban J connectivity index is 2.86. The summed E-state index contributed by atoms with van der Waals surface area (Å²) in [4.78, 5) is 6.51. The summed E-state index contributed by atoms with van der Waals surface area (Å²) in [5.41, 5.74) is 6.33. The Kier molecular flexibility index (Phi) is 4.39. The minimum absolute atomic E-state index is 0.488. The van der Waals surface area contributed by atoms with Crippen molar-refractivity contribution in [2.45, 2.75) is 32.7 Å². The van der Waals surface area contributed by atoms with Crippen LogP contribution in [-0.4, -0.2) is 18.1 Å². The summed E-state index contributed by atoms with van der Waals surface area (Å²) in [5, 5.41) is 0. The van der Waals surface area contributed by atoms with E-state index in [4.69, 9.17) is 5.73 Å². The Hall–Kier alpha value is -0.770. The molecule has 0 aliphatic heterocycles. The molecule has 4 heteroatoms. The molecule has 84 valence electrons. The third-order valence-electron chi connectivity index (χ3n) is 2.54. The number of hydrogen-bond acceptors (Lipinski definition) is 3. The molecular weight excluding hydrogens is 254 g/mol. The molecule has 1 atom stereocenters. The summed E-state index contributed by atoms with van der Waals surface area (Å²) in [6.45, 7) is 4.39. The van der Waals surface area contributed by atoms with Crippen LogP contribution in [0.1, 0.15) is 26.7 Å². The lowest BCUT2D eigenvalue weighted by molar-refractivity contribution is 0.610. The van der Waals surface area contributed by atoms with E-state index >= 15 is 0 Å². The van der Waals surface area contributed by atoms with Gasteiger partial charge in [0.15, 0.2) is 0 Å². The second kappa shape index (κ2) is 5.35. The number of pyridine rings is 1. The van der Waals surface area contributed by atoms with Crippen molar-refractivity contribution in [3.63, 3.8) is 0 Å². The maximum atomic E-state index is 5.65. The quantitative estimate of drug-likeness (QED) is 0.916. The van der Waals surface area contributed by atoms with E-state index in [0.29, 0.717) is 11.7 Å². The Morgan fingerprint density at radius 2 is 2.27 bits per heavy atom. The summed E-state index contributed by atoms with van der Waals surface area (Å²) < 4.78 is 0.952. The van der Waals surface area contributed by atoms with E-state index in [-0.39, 0.29) is 0 Å². The van der Waals surface area contributed by atoms with E-state index in [1.807, 2.05) is 6.07 Å². The molecule has 0 aliphatic rings. The third-order valence-corrected chi connectivity index (χ3v) is 3.13. The van der Waals surface area contributed by atoms with Crippen molar-refractivity contribution >= 4 is 27.4 Å². The molecule has 0 aliphatic carbocycles. The maximum Gasteiger partial charge on any atom is 0.143 e. The number of anilines is 2. The average molecular weight is 272 g/mol. The van der Waals surface area contributed by atoms with Gasteiger partial charge < -0.3 is 10.6 Å². The zero-order valence-electron chi connectivity index (χ0n) is 9.50. The number of nitrogens with two attached hydrogens (primary N) is 1. The predicted octanol–water partition coefficient (Wildman–Crippen LogP) is 3.05. The van der Waals surface area contributed by atoms with Crippen LogP contribution in [0.25, 0.3) is 0 Å². The molecule has 0 spiro atoms. The molecule has 1 aromatic rings. The smallest absolute Gasteiger partial charge is 0.143 e. The van der Waals surface area contributed by atoms with Crippen molar-refractivity contribution in [1.29, 1.82) is 0 Å². The standard InChI is InChI=1S/C11H18BrN3/c1-4-5-8(2)15(3)11-10(12)6-9(13)7-14-11/h6-8H,4-5,13H2,1-3H3. The Morgan fingerprint density at radius 3 is 2.80 bits per heavy atom. The topological polar surface area (TPSA) is 42.2 Å². The van der Waals surface area contributed by atoms with Gasteiger partial charge in [0.25, 0.3) is 0 Å². The first-order valence-corrected chi connectivity index (χ1v) is 5.99. The summed E-state index contributed by atoms with van der Waals surface area (Å²) in [6.07, 6.45) is 4.03. The predicted molar refractivity (Wildman–Crippen MR) is 69.1 cm³/mol. The lowest BCUT2D eigenvalue weighted by atomic mass is 10.2.